The molecule has 2 atom stereocenters. The fourth-order valence-corrected chi connectivity index (χ4v) is 3.41. The monoisotopic (exact) mass is 292 g/mol. The molecule has 0 bridgehead atoms. The Balaban J connectivity index is 2.53. The zero-order valence-electron chi connectivity index (χ0n) is 11.0. The second-order valence-electron chi connectivity index (χ2n) is 5.10. The third-order valence-electron chi connectivity index (χ3n) is 2.98. The molecule has 2 unspecified atom stereocenters. The molecule has 1 amide bonds. The van der Waals surface area contributed by atoms with Crippen LogP contribution < -0.4 is 10.6 Å². The van der Waals surface area contributed by atoms with Crippen molar-refractivity contribution in [2.24, 2.45) is 5.92 Å². The molecule has 3 N–H and O–H groups in total. The first-order chi connectivity index (χ1) is 8.71. The van der Waals surface area contributed by atoms with Gasteiger partial charge in [-0.2, -0.15) is 0 Å². The third kappa shape index (κ3) is 5.15. The van der Waals surface area contributed by atoms with Crippen molar-refractivity contribution in [2.75, 3.05) is 18.1 Å². The Bertz CT molecular complexity index is 446. The van der Waals surface area contributed by atoms with E-state index in [1.54, 1.807) is 13.8 Å². The number of carbonyl (C=O) groups excluding carboxylic acids is 1. The second kappa shape index (κ2) is 6.33. The predicted molar refractivity (Wildman–Crippen MR) is 69.5 cm³/mol. The maximum atomic E-state index is 11.7. The fraction of sp³-hybridized carbons (Fsp3) is 0.818. The lowest BCUT2D eigenvalue weighted by atomic mass is 10.0. The fourth-order valence-electron chi connectivity index (χ4n) is 1.97. The first-order valence-corrected chi connectivity index (χ1v) is 7.99. The number of carboxylic acid groups (broad SMARTS) is 1. The number of carboxylic acids is 1. The minimum absolute atomic E-state index is 0.0320. The molecule has 0 aliphatic carbocycles. The van der Waals surface area contributed by atoms with E-state index in [2.05, 4.69) is 10.6 Å². The van der Waals surface area contributed by atoms with Crippen molar-refractivity contribution < 1.29 is 23.1 Å². The summed E-state index contributed by atoms with van der Waals surface area (Å²) in [5.74, 6) is -1.78. The SMILES string of the molecule is CC(C)C(NC(=O)CC1CS(=O)(=O)CCN1)C(=O)O. The van der Waals surface area contributed by atoms with Gasteiger partial charge in [-0.1, -0.05) is 13.8 Å². The summed E-state index contributed by atoms with van der Waals surface area (Å²) in [5, 5.41) is 14.3. The van der Waals surface area contributed by atoms with Crippen LogP contribution in [0.3, 0.4) is 0 Å². The molecule has 0 radical (unpaired) electrons. The van der Waals surface area contributed by atoms with E-state index in [-0.39, 0.29) is 23.8 Å². The normalized spacial score (nSPS) is 23.8. The smallest absolute Gasteiger partial charge is 0.326 e. The molecule has 7 nitrogen and oxygen atoms in total. The third-order valence-corrected chi connectivity index (χ3v) is 4.72. The maximum Gasteiger partial charge on any atom is 0.326 e. The summed E-state index contributed by atoms with van der Waals surface area (Å²) < 4.78 is 22.8. The molecule has 1 aliphatic heterocycles. The molecule has 8 heteroatoms. The lowest BCUT2D eigenvalue weighted by molar-refractivity contribution is -0.143. The van der Waals surface area contributed by atoms with Gasteiger partial charge in [0.1, 0.15) is 6.04 Å². The highest BCUT2D eigenvalue weighted by atomic mass is 32.2. The molecule has 0 saturated carbocycles. The van der Waals surface area contributed by atoms with Crippen LogP contribution in [-0.2, 0) is 19.4 Å². The lowest BCUT2D eigenvalue weighted by Gasteiger charge is -2.24. The molecule has 0 aromatic rings. The average Bonchev–Trinajstić information content (AvgIpc) is 2.23. The molecule has 0 spiro atoms. The number of sulfone groups is 1. The Morgan fingerprint density at radius 3 is 2.53 bits per heavy atom. The Kier molecular flexibility index (Phi) is 5.30. The molecule has 1 rings (SSSR count). The molecule has 110 valence electrons. The van der Waals surface area contributed by atoms with Gasteiger partial charge in [0.15, 0.2) is 9.84 Å². The van der Waals surface area contributed by atoms with Crippen LogP contribution in [0.1, 0.15) is 20.3 Å². The van der Waals surface area contributed by atoms with Crippen LogP contribution in [0.2, 0.25) is 0 Å². The lowest BCUT2D eigenvalue weighted by Crippen LogP contribution is -2.50. The number of nitrogens with one attached hydrogen (secondary N) is 2. The van der Waals surface area contributed by atoms with E-state index in [0.717, 1.165) is 0 Å². The van der Waals surface area contributed by atoms with Crippen molar-refractivity contribution in [1.82, 2.24) is 10.6 Å². The summed E-state index contributed by atoms with van der Waals surface area (Å²) in [6.07, 6.45) is -0.0320. The first kappa shape index (κ1) is 15.9. The van der Waals surface area contributed by atoms with Gasteiger partial charge in [0, 0.05) is 19.0 Å². The average molecular weight is 292 g/mol. The highest BCUT2D eigenvalue weighted by molar-refractivity contribution is 7.91. The summed E-state index contributed by atoms with van der Waals surface area (Å²) in [6.45, 7) is 3.72. The van der Waals surface area contributed by atoms with E-state index in [1.165, 1.54) is 0 Å². The molecule has 1 aliphatic rings. The first-order valence-electron chi connectivity index (χ1n) is 6.17. The number of amides is 1. The van der Waals surface area contributed by atoms with Gasteiger partial charge in [0.25, 0.3) is 0 Å². The zero-order chi connectivity index (χ0) is 14.6. The number of hydrogen-bond acceptors (Lipinski definition) is 5. The van der Waals surface area contributed by atoms with Crippen LogP contribution >= 0.6 is 0 Å². The molecule has 0 aromatic heterocycles. The van der Waals surface area contributed by atoms with E-state index < -0.39 is 33.8 Å². The highest BCUT2D eigenvalue weighted by Crippen LogP contribution is 2.07. The van der Waals surface area contributed by atoms with Gasteiger partial charge in [-0.25, -0.2) is 13.2 Å². The van der Waals surface area contributed by atoms with Crippen molar-refractivity contribution in [3.63, 3.8) is 0 Å². The topological polar surface area (TPSA) is 113 Å². The van der Waals surface area contributed by atoms with Gasteiger partial charge in [-0.05, 0) is 5.92 Å². The molecule has 19 heavy (non-hydrogen) atoms. The summed E-state index contributed by atoms with van der Waals surface area (Å²) in [7, 11) is -3.10. The van der Waals surface area contributed by atoms with Crippen LogP contribution in [0.15, 0.2) is 0 Å². The van der Waals surface area contributed by atoms with Crippen LogP contribution in [0, 0.1) is 5.92 Å². The van der Waals surface area contributed by atoms with Gasteiger partial charge < -0.3 is 15.7 Å². The highest BCUT2D eigenvalue weighted by Gasteiger charge is 2.28. The predicted octanol–water partition coefficient (Wildman–Crippen LogP) is -1.01. The maximum absolute atomic E-state index is 11.7. The summed E-state index contributed by atoms with van der Waals surface area (Å²) in [4.78, 5) is 22.7. The van der Waals surface area contributed by atoms with E-state index in [1.807, 2.05) is 0 Å². The zero-order valence-corrected chi connectivity index (χ0v) is 11.9. The Hall–Kier alpha value is -1.15. The molecule has 1 fully saturated rings. The summed E-state index contributed by atoms with van der Waals surface area (Å²) in [6, 6.07) is -1.40. The van der Waals surface area contributed by atoms with Crippen LogP contribution in [0.4, 0.5) is 0 Å². The van der Waals surface area contributed by atoms with Crippen LogP contribution in [0.5, 0.6) is 0 Å². The van der Waals surface area contributed by atoms with Crippen LogP contribution in [-0.4, -0.2) is 55.5 Å². The van der Waals surface area contributed by atoms with E-state index >= 15 is 0 Å². The minimum Gasteiger partial charge on any atom is -0.480 e. The molecular weight excluding hydrogens is 272 g/mol. The van der Waals surface area contributed by atoms with Gasteiger partial charge in [0.2, 0.25) is 5.91 Å². The van der Waals surface area contributed by atoms with E-state index in [0.29, 0.717) is 6.54 Å². The number of carbonyl (C=O) groups is 2. The van der Waals surface area contributed by atoms with Crippen molar-refractivity contribution in [3.8, 4) is 0 Å². The largest absolute Gasteiger partial charge is 0.480 e. The quantitative estimate of drug-likeness (QED) is 0.598. The van der Waals surface area contributed by atoms with Gasteiger partial charge in [0.05, 0.1) is 11.5 Å². The van der Waals surface area contributed by atoms with Crippen molar-refractivity contribution in [1.29, 1.82) is 0 Å². The minimum atomic E-state index is -3.10. The van der Waals surface area contributed by atoms with Gasteiger partial charge in [-0.15, -0.1) is 0 Å². The van der Waals surface area contributed by atoms with Crippen molar-refractivity contribution in [3.05, 3.63) is 0 Å². The standard InChI is InChI=1S/C11H20N2O5S/c1-7(2)10(11(15)16)13-9(14)5-8-6-19(17,18)4-3-12-8/h7-8,10,12H,3-6H2,1-2H3,(H,13,14)(H,15,16). The van der Waals surface area contributed by atoms with Crippen molar-refractivity contribution in [2.45, 2.75) is 32.4 Å². The summed E-state index contributed by atoms with van der Waals surface area (Å²) >= 11 is 0. The number of hydrogen-bond donors (Lipinski definition) is 3. The molecule has 1 heterocycles. The van der Waals surface area contributed by atoms with Crippen LogP contribution in [0.25, 0.3) is 0 Å². The second-order valence-corrected chi connectivity index (χ2v) is 7.33. The Labute approximate surface area is 112 Å². The Morgan fingerprint density at radius 2 is 2.05 bits per heavy atom. The van der Waals surface area contributed by atoms with E-state index in [9.17, 15) is 18.0 Å². The molecule has 1 saturated heterocycles. The van der Waals surface area contributed by atoms with E-state index in [4.69, 9.17) is 5.11 Å². The van der Waals surface area contributed by atoms with Gasteiger partial charge in [-0.3, -0.25) is 4.79 Å². The molecular formula is C11H20N2O5S. The van der Waals surface area contributed by atoms with Gasteiger partial charge >= 0.3 is 5.97 Å². The number of rotatable bonds is 5. The summed E-state index contributed by atoms with van der Waals surface area (Å²) in [5.41, 5.74) is 0. The molecule has 0 aromatic carbocycles. The van der Waals surface area contributed by atoms with Crippen molar-refractivity contribution >= 4 is 21.7 Å². The Morgan fingerprint density at radius 1 is 1.42 bits per heavy atom. The number of aliphatic carboxylic acids is 1.